The molecule has 0 fully saturated rings. The monoisotopic (exact) mass is 306 g/mol. The average Bonchev–Trinajstić information content (AvgIpc) is 2.56. The number of anilines is 1. The molecule has 0 atom stereocenters. The molecular formula is C18H18N4O. The summed E-state index contributed by atoms with van der Waals surface area (Å²) in [5.74, 6) is -0.435. The van der Waals surface area contributed by atoms with Crippen molar-refractivity contribution in [2.24, 2.45) is 0 Å². The van der Waals surface area contributed by atoms with Crippen LogP contribution in [0.3, 0.4) is 0 Å². The molecule has 1 amide bonds. The van der Waals surface area contributed by atoms with Crippen molar-refractivity contribution in [3.63, 3.8) is 0 Å². The van der Waals surface area contributed by atoms with Gasteiger partial charge in [-0.3, -0.25) is 9.78 Å². The van der Waals surface area contributed by atoms with Gasteiger partial charge in [-0.15, -0.1) is 0 Å². The van der Waals surface area contributed by atoms with Crippen LogP contribution in [0.15, 0.2) is 54.4 Å². The Morgan fingerprint density at radius 3 is 2.78 bits per heavy atom. The number of pyridine rings is 1. The standard InChI is InChI=1S/C18H18N4O/c1-13-6-5-8-17(14(13)2)22-18(23)15(10-19)11-20-12-16-7-3-4-9-21-16/h3-9,11,20H,12H2,1-2H3,(H,22,23)/b15-11-. The predicted octanol–water partition coefficient (Wildman–Crippen LogP) is 2.83. The fourth-order valence-corrected chi connectivity index (χ4v) is 1.99. The van der Waals surface area contributed by atoms with E-state index >= 15 is 0 Å². The summed E-state index contributed by atoms with van der Waals surface area (Å²) in [5, 5.41) is 14.9. The first-order valence-corrected chi connectivity index (χ1v) is 7.23. The van der Waals surface area contributed by atoms with Gasteiger partial charge < -0.3 is 10.6 Å². The van der Waals surface area contributed by atoms with E-state index < -0.39 is 5.91 Å². The van der Waals surface area contributed by atoms with Gasteiger partial charge in [0.1, 0.15) is 11.6 Å². The lowest BCUT2D eigenvalue weighted by Crippen LogP contribution is -2.17. The highest BCUT2D eigenvalue weighted by Gasteiger charge is 2.11. The van der Waals surface area contributed by atoms with Crippen LogP contribution < -0.4 is 10.6 Å². The van der Waals surface area contributed by atoms with Crippen LogP contribution in [0.4, 0.5) is 5.69 Å². The second-order valence-corrected chi connectivity index (χ2v) is 5.07. The molecule has 0 saturated carbocycles. The van der Waals surface area contributed by atoms with E-state index in [2.05, 4.69) is 15.6 Å². The normalized spacial score (nSPS) is 10.7. The SMILES string of the molecule is Cc1cccc(NC(=O)/C(C#N)=C\NCc2ccccn2)c1C. The number of hydrogen-bond donors (Lipinski definition) is 2. The Hall–Kier alpha value is -3.13. The van der Waals surface area contributed by atoms with Crippen molar-refractivity contribution in [2.45, 2.75) is 20.4 Å². The van der Waals surface area contributed by atoms with Crippen molar-refractivity contribution in [3.05, 3.63) is 71.2 Å². The maximum absolute atomic E-state index is 12.2. The summed E-state index contributed by atoms with van der Waals surface area (Å²) in [6.07, 6.45) is 3.11. The van der Waals surface area contributed by atoms with E-state index in [1.165, 1.54) is 6.20 Å². The number of nitrogens with zero attached hydrogens (tertiary/aromatic N) is 2. The molecule has 0 spiro atoms. The highest BCUT2D eigenvalue weighted by Crippen LogP contribution is 2.18. The Kier molecular flexibility index (Phi) is 5.48. The fraction of sp³-hybridized carbons (Fsp3) is 0.167. The van der Waals surface area contributed by atoms with Gasteiger partial charge >= 0.3 is 0 Å². The van der Waals surface area contributed by atoms with Gasteiger partial charge in [0.15, 0.2) is 0 Å². The van der Waals surface area contributed by atoms with Crippen molar-refractivity contribution in [3.8, 4) is 6.07 Å². The highest BCUT2D eigenvalue weighted by atomic mass is 16.1. The minimum absolute atomic E-state index is 0.0156. The van der Waals surface area contributed by atoms with Gasteiger partial charge in [-0.2, -0.15) is 5.26 Å². The number of aryl methyl sites for hydroxylation is 1. The summed E-state index contributed by atoms with van der Waals surface area (Å²) in [6, 6.07) is 13.1. The third kappa shape index (κ3) is 4.42. The molecular weight excluding hydrogens is 288 g/mol. The number of hydrogen-bond acceptors (Lipinski definition) is 4. The zero-order valence-electron chi connectivity index (χ0n) is 13.1. The maximum atomic E-state index is 12.2. The van der Waals surface area contributed by atoms with Crippen molar-refractivity contribution in [1.29, 1.82) is 5.26 Å². The Labute approximate surface area is 135 Å². The van der Waals surface area contributed by atoms with Gasteiger partial charge in [0.05, 0.1) is 12.2 Å². The minimum atomic E-state index is -0.435. The topological polar surface area (TPSA) is 77.8 Å². The Balaban J connectivity index is 2.02. The number of aromatic nitrogens is 1. The second-order valence-electron chi connectivity index (χ2n) is 5.07. The summed E-state index contributed by atoms with van der Waals surface area (Å²) in [6.45, 7) is 4.35. The summed E-state index contributed by atoms with van der Waals surface area (Å²) in [4.78, 5) is 16.4. The summed E-state index contributed by atoms with van der Waals surface area (Å²) < 4.78 is 0. The summed E-state index contributed by atoms with van der Waals surface area (Å²) in [5.41, 5.74) is 3.62. The Bertz CT molecular complexity index is 760. The number of nitrogens with one attached hydrogen (secondary N) is 2. The van der Waals surface area contributed by atoms with Gasteiger partial charge in [-0.25, -0.2) is 0 Å². The zero-order chi connectivity index (χ0) is 16.7. The Morgan fingerprint density at radius 2 is 2.09 bits per heavy atom. The maximum Gasteiger partial charge on any atom is 0.267 e. The van der Waals surface area contributed by atoms with Gasteiger partial charge in [0.25, 0.3) is 5.91 Å². The molecule has 0 bridgehead atoms. The van der Waals surface area contributed by atoms with E-state index in [-0.39, 0.29) is 5.57 Å². The molecule has 5 nitrogen and oxygen atoms in total. The lowest BCUT2D eigenvalue weighted by atomic mass is 10.1. The molecule has 0 unspecified atom stereocenters. The van der Waals surface area contributed by atoms with Crippen LogP contribution in [0.25, 0.3) is 0 Å². The van der Waals surface area contributed by atoms with E-state index in [1.54, 1.807) is 6.20 Å². The van der Waals surface area contributed by atoms with Crippen LogP contribution >= 0.6 is 0 Å². The molecule has 1 aromatic carbocycles. The number of carbonyl (C=O) groups is 1. The van der Waals surface area contributed by atoms with Crippen LogP contribution in [0.5, 0.6) is 0 Å². The third-order valence-electron chi connectivity index (χ3n) is 3.47. The zero-order valence-corrected chi connectivity index (χ0v) is 13.1. The first-order valence-electron chi connectivity index (χ1n) is 7.23. The van der Waals surface area contributed by atoms with E-state index in [1.807, 2.05) is 56.3 Å². The van der Waals surface area contributed by atoms with Crippen LogP contribution in [0.2, 0.25) is 0 Å². The number of nitriles is 1. The molecule has 0 aliphatic carbocycles. The number of rotatable bonds is 5. The number of benzene rings is 1. The molecule has 1 aromatic heterocycles. The van der Waals surface area contributed by atoms with Crippen molar-refractivity contribution in [1.82, 2.24) is 10.3 Å². The van der Waals surface area contributed by atoms with Crippen molar-refractivity contribution in [2.75, 3.05) is 5.32 Å². The van der Waals surface area contributed by atoms with E-state index in [9.17, 15) is 4.79 Å². The molecule has 116 valence electrons. The first-order chi connectivity index (χ1) is 11.1. The van der Waals surface area contributed by atoms with Crippen LogP contribution in [-0.4, -0.2) is 10.9 Å². The lowest BCUT2D eigenvalue weighted by molar-refractivity contribution is -0.112. The molecule has 0 radical (unpaired) electrons. The van der Waals surface area contributed by atoms with Crippen LogP contribution in [-0.2, 0) is 11.3 Å². The molecule has 2 rings (SSSR count). The summed E-state index contributed by atoms with van der Waals surface area (Å²) >= 11 is 0. The van der Waals surface area contributed by atoms with E-state index in [0.717, 1.165) is 16.8 Å². The minimum Gasteiger partial charge on any atom is -0.384 e. The van der Waals surface area contributed by atoms with E-state index in [0.29, 0.717) is 12.2 Å². The highest BCUT2D eigenvalue weighted by molar-refractivity contribution is 6.06. The van der Waals surface area contributed by atoms with Crippen molar-refractivity contribution >= 4 is 11.6 Å². The molecule has 5 heteroatoms. The van der Waals surface area contributed by atoms with Crippen LogP contribution in [0, 0.1) is 25.2 Å². The molecule has 0 aliphatic rings. The molecule has 2 N–H and O–H groups in total. The second kappa shape index (κ2) is 7.76. The molecule has 2 aromatic rings. The van der Waals surface area contributed by atoms with Gasteiger partial charge in [0.2, 0.25) is 0 Å². The third-order valence-corrected chi connectivity index (χ3v) is 3.47. The predicted molar refractivity (Wildman–Crippen MR) is 89.3 cm³/mol. The first kappa shape index (κ1) is 16.2. The quantitative estimate of drug-likeness (QED) is 0.658. The van der Waals surface area contributed by atoms with Gasteiger partial charge in [-0.1, -0.05) is 18.2 Å². The molecule has 0 aliphatic heterocycles. The Morgan fingerprint density at radius 1 is 1.26 bits per heavy atom. The number of carbonyl (C=O) groups excluding carboxylic acids is 1. The van der Waals surface area contributed by atoms with Crippen molar-refractivity contribution < 1.29 is 4.79 Å². The van der Waals surface area contributed by atoms with Gasteiger partial charge in [0, 0.05) is 18.1 Å². The van der Waals surface area contributed by atoms with Gasteiger partial charge in [-0.05, 0) is 43.2 Å². The average molecular weight is 306 g/mol. The largest absolute Gasteiger partial charge is 0.384 e. The molecule has 1 heterocycles. The summed E-state index contributed by atoms with van der Waals surface area (Å²) in [7, 11) is 0. The smallest absolute Gasteiger partial charge is 0.267 e. The molecule has 23 heavy (non-hydrogen) atoms. The van der Waals surface area contributed by atoms with Crippen LogP contribution in [0.1, 0.15) is 16.8 Å². The molecule has 0 saturated heterocycles. The fourth-order valence-electron chi connectivity index (χ4n) is 1.99. The number of amides is 1. The van der Waals surface area contributed by atoms with E-state index in [4.69, 9.17) is 5.26 Å². The lowest BCUT2D eigenvalue weighted by Gasteiger charge is -2.10.